The topological polar surface area (TPSA) is 44.8 Å². The van der Waals surface area contributed by atoms with E-state index in [-0.39, 0.29) is 5.97 Å². The largest absolute Gasteiger partial charge is 0.497 e. The van der Waals surface area contributed by atoms with Crippen molar-refractivity contribution in [3.8, 4) is 11.5 Å². The first-order valence-corrected chi connectivity index (χ1v) is 8.24. The van der Waals surface area contributed by atoms with E-state index < -0.39 is 0 Å². The summed E-state index contributed by atoms with van der Waals surface area (Å²) >= 11 is 0. The Morgan fingerprint density at radius 2 is 1.78 bits per heavy atom. The molecule has 0 radical (unpaired) electrons. The quantitative estimate of drug-likeness (QED) is 0.509. The fourth-order valence-electron chi connectivity index (χ4n) is 2.08. The van der Waals surface area contributed by atoms with Crippen molar-refractivity contribution in [2.75, 3.05) is 20.8 Å². The van der Waals surface area contributed by atoms with Gasteiger partial charge in [-0.05, 0) is 37.8 Å². The third-order valence-electron chi connectivity index (χ3n) is 3.08. The molecule has 0 atom stereocenters. The number of aryl methyl sites for hydroxylation is 1. The summed E-state index contributed by atoms with van der Waals surface area (Å²) in [6.07, 6.45) is 6.82. The smallest absolute Gasteiger partial charge is 0.342 e. The average molecular weight is 322 g/mol. The van der Waals surface area contributed by atoms with Gasteiger partial charge in [0, 0.05) is 6.07 Å². The van der Waals surface area contributed by atoms with E-state index in [2.05, 4.69) is 19.1 Å². The molecular weight excluding hydrogens is 292 g/mol. The fraction of sp³-hybridized carbons (Fsp3) is 0.526. The van der Waals surface area contributed by atoms with Crippen LogP contribution >= 0.6 is 0 Å². The number of ether oxygens (including phenoxy) is 3. The number of carbonyl (C=O) groups excluding carboxylic acids is 1. The van der Waals surface area contributed by atoms with Crippen molar-refractivity contribution in [1.29, 1.82) is 0 Å². The van der Waals surface area contributed by atoms with Gasteiger partial charge in [-0.3, -0.25) is 0 Å². The molecule has 0 amide bonds. The van der Waals surface area contributed by atoms with E-state index in [0.717, 1.165) is 24.8 Å². The Labute approximate surface area is 140 Å². The molecule has 0 unspecified atom stereocenters. The minimum atomic E-state index is -0.355. The Kier molecular flexibility index (Phi) is 11.5. The van der Waals surface area contributed by atoms with E-state index in [1.807, 2.05) is 19.9 Å². The Morgan fingerprint density at radius 3 is 2.30 bits per heavy atom. The molecule has 0 aliphatic heterocycles. The van der Waals surface area contributed by atoms with Crippen molar-refractivity contribution in [2.45, 2.75) is 47.0 Å². The lowest BCUT2D eigenvalue weighted by atomic mass is 10.0. The fourth-order valence-corrected chi connectivity index (χ4v) is 2.08. The minimum absolute atomic E-state index is 0.337. The molecule has 0 saturated carbocycles. The molecule has 23 heavy (non-hydrogen) atoms. The maximum absolute atomic E-state index is 12.2. The van der Waals surface area contributed by atoms with Crippen LogP contribution in [0.1, 0.15) is 56.5 Å². The predicted molar refractivity (Wildman–Crippen MR) is 94.6 cm³/mol. The number of carbonyl (C=O) groups is 1. The Hall–Kier alpha value is -1.97. The van der Waals surface area contributed by atoms with E-state index >= 15 is 0 Å². The third kappa shape index (κ3) is 6.76. The molecule has 0 fully saturated rings. The number of hydrogen-bond acceptors (Lipinski definition) is 4. The van der Waals surface area contributed by atoms with Crippen molar-refractivity contribution < 1.29 is 19.0 Å². The number of hydrogen-bond donors (Lipinski definition) is 0. The maximum Gasteiger partial charge on any atom is 0.342 e. The molecular formula is C19H30O4. The van der Waals surface area contributed by atoms with Crippen LogP contribution in [0, 0.1) is 0 Å². The molecule has 0 saturated heterocycles. The van der Waals surface area contributed by atoms with Crippen molar-refractivity contribution in [2.24, 2.45) is 0 Å². The second-order valence-electron chi connectivity index (χ2n) is 4.50. The van der Waals surface area contributed by atoms with Gasteiger partial charge in [0.1, 0.15) is 17.1 Å². The second kappa shape index (κ2) is 12.6. The lowest BCUT2D eigenvalue weighted by Crippen LogP contribution is -2.11. The molecule has 1 aromatic carbocycles. The highest BCUT2D eigenvalue weighted by molar-refractivity contribution is 5.94. The Bertz CT molecular complexity index is 492. The zero-order chi connectivity index (χ0) is 17.7. The molecule has 0 N–H and O–H groups in total. The first-order chi connectivity index (χ1) is 11.2. The summed E-state index contributed by atoms with van der Waals surface area (Å²) < 4.78 is 15.7. The van der Waals surface area contributed by atoms with Crippen molar-refractivity contribution in [1.82, 2.24) is 0 Å². The summed E-state index contributed by atoms with van der Waals surface area (Å²) in [5.41, 5.74) is 1.37. The molecule has 0 aliphatic carbocycles. The van der Waals surface area contributed by atoms with Gasteiger partial charge in [0.05, 0.1) is 20.8 Å². The third-order valence-corrected chi connectivity index (χ3v) is 3.08. The van der Waals surface area contributed by atoms with Crippen LogP contribution < -0.4 is 9.47 Å². The van der Waals surface area contributed by atoms with Crippen LogP contribution in [0.15, 0.2) is 24.3 Å². The van der Waals surface area contributed by atoms with Gasteiger partial charge in [-0.25, -0.2) is 4.79 Å². The summed E-state index contributed by atoms with van der Waals surface area (Å²) in [6, 6.07) is 3.58. The van der Waals surface area contributed by atoms with E-state index in [1.54, 1.807) is 20.1 Å². The van der Waals surface area contributed by atoms with Crippen molar-refractivity contribution in [3.63, 3.8) is 0 Å². The number of allylic oxidation sites excluding steroid dienone is 2. The Morgan fingerprint density at radius 1 is 1.09 bits per heavy atom. The van der Waals surface area contributed by atoms with E-state index in [9.17, 15) is 4.79 Å². The molecule has 0 aromatic heterocycles. The summed E-state index contributed by atoms with van der Waals surface area (Å²) in [4.78, 5) is 12.2. The van der Waals surface area contributed by atoms with Crippen LogP contribution in [-0.2, 0) is 11.2 Å². The molecule has 0 bridgehead atoms. The second-order valence-corrected chi connectivity index (χ2v) is 4.50. The summed E-state index contributed by atoms with van der Waals surface area (Å²) in [5.74, 6) is 0.808. The molecule has 130 valence electrons. The van der Waals surface area contributed by atoms with Crippen molar-refractivity contribution >= 4 is 5.97 Å². The van der Waals surface area contributed by atoms with Gasteiger partial charge < -0.3 is 14.2 Å². The van der Waals surface area contributed by atoms with Gasteiger partial charge in [0.2, 0.25) is 0 Å². The first-order valence-electron chi connectivity index (χ1n) is 8.24. The van der Waals surface area contributed by atoms with E-state index in [0.29, 0.717) is 23.7 Å². The standard InChI is InChI=1S/C17H24O4.C2H6/c1-5-7-8-9-10-13-11-14(19-3)12-15(20-4)16(13)17(18)21-6-2;1-2/h7-8,11-12H,5-6,9-10H2,1-4H3;1-2H3/b8-7-;. The monoisotopic (exact) mass is 322 g/mol. The van der Waals surface area contributed by atoms with Gasteiger partial charge in [-0.1, -0.05) is 32.9 Å². The summed E-state index contributed by atoms with van der Waals surface area (Å²) in [6.45, 7) is 8.22. The zero-order valence-corrected chi connectivity index (χ0v) is 15.3. The molecule has 1 aromatic rings. The van der Waals surface area contributed by atoms with E-state index in [1.165, 1.54) is 7.11 Å². The summed E-state index contributed by atoms with van der Waals surface area (Å²) in [7, 11) is 3.14. The van der Waals surface area contributed by atoms with Crippen LogP contribution in [0.5, 0.6) is 11.5 Å². The number of esters is 1. The lowest BCUT2D eigenvalue weighted by Gasteiger charge is -2.14. The van der Waals surface area contributed by atoms with E-state index in [4.69, 9.17) is 14.2 Å². The minimum Gasteiger partial charge on any atom is -0.497 e. The summed E-state index contributed by atoms with van der Waals surface area (Å²) in [5, 5.41) is 0. The molecule has 4 nitrogen and oxygen atoms in total. The van der Waals surface area contributed by atoms with Crippen LogP contribution in [-0.4, -0.2) is 26.8 Å². The highest BCUT2D eigenvalue weighted by Gasteiger charge is 2.20. The first kappa shape index (κ1) is 21.0. The van der Waals surface area contributed by atoms with Gasteiger partial charge in [-0.15, -0.1) is 0 Å². The van der Waals surface area contributed by atoms with Gasteiger partial charge in [0.25, 0.3) is 0 Å². The molecule has 0 spiro atoms. The number of rotatable bonds is 8. The highest BCUT2D eigenvalue weighted by atomic mass is 16.5. The zero-order valence-electron chi connectivity index (χ0n) is 15.3. The van der Waals surface area contributed by atoms with Crippen LogP contribution in [0.4, 0.5) is 0 Å². The number of methoxy groups -OCH3 is 2. The van der Waals surface area contributed by atoms with Crippen molar-refractivity contribution in [3.05, 3.63) is 35.4 Å². The highest BCUT2D eigenvalue weighted by Crippen LogP contribution is 2.30. The van der Waals surface area contributed by atoms with Crippen LogP contribution in [0.25, 0.3) is 0 Å². The van der Waals surface area contributed by atoms with Crippen LogP contribution in [0.3, 0.4) is 0 Å². The lowest BCUT2D eigenvalue weighted by molar-refractivity contribution is 0.0521. The molecule has 0 heterocycles. The maximum atomic E-state index is 12.2. The van der Waals surface area contributed by atoms with Gasteiger partial charge in [0.15, 0.2) is 0 Å². The van der Waals surface area contributed by atoms with Gasteiger partial charge >= 0.3 is 5.97 Å². The molecule has 0 aliphatic rings. The normalized spacial score (nSPS) is 10.0. The Balaban J connectivity index is 0.00000232. The SMILES string of the molecule is CC.CC/C=C\CCc1cc(OC)cc(OC)c1C(=O)OCC. The number of benzene rings is 1. The van der Waals surface area contributed by atoms with Crippen LogP contribution in [0.2, 0.25) is 0 Å². The average Bonchev–Trinajstić information content (AvgIpc) is 2.59. The predicted octanol–water partition coefficient (Wildman–Crippen LogP) is 4.81. The van der Waals surface area contributed by atoms with Gasteiger partial charge in [-0.2, -0.15) is 0 Å². The molecule has 4 heteroatoms. The molecule has 1 rings (SSSR count).